The largest absolute Gasteiger partial charge is 0.427 e. The second kappa shape index (κ2) is 4.03. The smallest absolute Gasteiger partial charge is 0.308 e. The number of rotatable bonds is 2. The van der Waals surface area contributed by atoms with Gasteiger partial charge in [-0.1, -0.05) is 12.1 Å². The molecule has 2 nitrogen and oxygen atoms in total. The van der Waals surface area contributed by atoms with Gasteiger partial charge in [-0.2, -0.15) is 0 Å². The Hall–Kier alpha value is -1.38. The van der Waals surface area contributed by atoms with Crippen LogP contribution in [0.1, 0.15) is 25.6 Å². The van der Waals surface area contributed by atoms with Crippen molar-refractivity contribution in [2.75, 3.05) is 0 Å². The van der Waals surface area contributed by atoms with Gasteiger partial charge in [-0.3, -0.25) is 4.79 Å². The van der Waals surface area contributed by atoms with Gasteiger partial charge < -0.3 is 4.74 Å². The minimum atomic E-state index is -0.994. The predicted molar refractivity (Wildman–Crippen MR) is 47.3 cm³/mol. The van der Waals surface area contributed by atoms with Crippen molar-refractivity contribution in [3.8, 4) is 5.75 Å². The van der Waals surface area contributed by atoms with Crippen LogP contribution in [0.4, 0.5) is 4.39 Å². The summed E-state index contributed by atoms with van der Waals surface area (Å²) < 4.78 is 17.5. The summed E-state index contributed by atoms with van der Waals surface area (Å²) in [5.41, 5.74) is 0.580. The monoisotopic (exact) mass is 182 g/mol. The van der Waals surface area contributed by atoms with Crippen LogP contribution in [0.2, 0.25) is 0 Å². The zero-order valence-electron chi connectivity index (χ0n) is 7.58. The molecule has 0 bridgehead atoms. The van der Waals surface area contributed by atoms with Gasteiger partial charge >= 0.3 is 5.97 Å². The van der Waals surface area contributed by atoms with Crippen molar-refractivity contribution in [2.45, 2.75) is 20.0 Å². The lowest BCUT2D eigenvalue weighted by Crippen LogP contribution is -2.01. The normalized spacial score (nSPS) is 12.2. The Morgan fingerprint density at radius 3 is 2.31 bits per heavy atom. The summed E-state index contributed by atoms with van der Waals surface area (Å²) >= 11 is 0. The summed E-state index contributed by atoms with van der Waals surface area (Å²) in [5, 5.41) is 0. The van der Waals surface area contributed by atoms with E-state index in [0.717, 1.165) is 0 Å². The Morgan fingerprint density at radius 1 is 1.38 bits per heavy atom. The molecule has 0 aliphatic rings. The fraction of sp³-hybridized carbons (Fsp3) is 0.300. The number of alkyl halides is 1. The van der Waals surface area contributed by atoms with Crippen LogP contribution in [-0.2, 0) is 4.79 Å². The van der Waals surface area contributed by atoms with Gasteiger partial charge in [-0.05, 0) is 24.6 Å². The summed E-state index contributed by atoms with van der Waals surface area (Å²) in [5.74, 6) is 0.0675. The van der Waals surface area contributed by atoms with Gasteiger partial charge in [-0.15, -0.1) is 0 Å². The molecule has 1 aromatic carbocycles. The molecule has 0 amide bonds. The highest BCUT2D eigenvalue weighted by atomic mass is 19.1. The van der Waals surface area contributed by atoms with Crippen LogP contribution in [-0.4, -0.2) is 5.97 Å². The maximum absolute atomic E-state index is 12.7. The third-order valence-corrected chi connectivity index (χ3v) is 1.60. The van der Waals surface area contributed by atoms with Crippen LogP contribution in [0, 0.1) is 0 Å². The van der Waals surface area contributed by atoms with E-state index < -0.39 is 6.17 Å². The molecule has 0 N–H and O–H groups in total. The molecule has 0 aromatic heterocycles. The highest BCUT2D eigenvalue weighted by Gasteiger charge is 2.03. The molecule has 1 atom stereocenters. The number of hydrogen-bond acceptors (Lipinski definition) is 2. The number of esters is 1. The Kier molecular flexibility index (Phi) is 3.01. The Labute approximate surface area is 76.3 Å². The summed E-state index contributed by atoms with van der Waals surface area (Å²) in [6.07, 6.45) is -0.994. The van der Waals surface area contributed by atoms with E-state index >= 15 is 0 Å². The second-order valence-corrected chi connectivity index (χ2v) is 2.78. The lowest BCUT2D eigenvalue weighted by molar-refractivity contribution is -0.131. The number of benzene rings is 1. The topological polar surface area (TPSA) is 26.3 Å². The van der Waals surface area contributed by atoms with Crippen molar-refractivity contribution in [1.29, 1.82) is 0 Å². The highest BCUT2D eigenvalue weighted by molar-refractivity contribution is 5.69. The van der Waals surface area contributed by atoms with Crippen molar-refractivity contribution in [1.82, 2.24) is 0 Å². The molecule has 0 saturated heterocycles. The number of carbonyl (C=O) groups is 1. The van der Waals surface area contributed by atoms with Gasteiger partial charge in [0.25, 0.3) is 0 Å². The maximum Gasteiger partial charge on any atom is 0.308 e. The van der Waals surface area contributed by atoms with Gasteiger partial charge in [-0.25, -0.2) is 4.39 Å². The fourth-order valence-electron chi connectivity index (χ4n) is 0.967. The zero-order valence-corrected chi connectivity index (χ0v) is 7.58. The molecule has 0 radical (unpaired) electrons. The van der Waals surface area contributed by atoms with Crippen molar-refractivity contribution in [3.05, 3.63) is 29.8 Å². The van der Waals surface area contributed by atoms with E-state index in [1.54, 1.807) is 24.3 Å². The van der Waals surface area contributed by atoms with Crippen molar-refractivity contribution < 1.29 is 13.9 Å². The standard InChI is InChI=1S/C10H11FO2/c1-7(11)9-3-5-10(6-4-9)13-8(2)12/h3-7H,1-2H3. The van der Waals surface area contributed by atoms with Crippen molar-refractivity contribution in [3.63, 3.8) is 0 Å². The van der Waals surface area contributed by atoms with Gasteiger partial charge in [0.05, 0.1) is 0 Å². The highest BCUT2D eigenvalue weighted by Crippen LogP contribution is 2.19. The summed E-state index contributed by atoms with van der Waals surface area (Å²) in [6.45, 7) is 2.78. The van der Waals surface area contributed by atoms with E-state index in [9.17, 15) is 9.18 Å². The third-order valence-electron chi connectivity index (χ3n) is 1.60. The molecule has 3 heteroatoms. The van der Waals surface area contributed by atoms with Crippen LogP contribution in [0.5, 0.6) is 5.75 Å². The van der Waals surface area contributed by atoms with Crippen LogP contribution in [0.3, 0.4) is 0 Å². The Morgan fingerprint density at radius 2 is 1.92 bits per heavy atom. The van der Waals surface area contributed by atoms with Crippen LogP contribution >= 0.6 is 0 Å². The van der Waals surface area contributed by atoms with Crippen molar-refractivity contribution in [2.24, 2.45) is 0 Å². The quantitative estimate of drug-likeness (QED) is 0.519. The van der Waals surface area contributed by atoms with E-state index in [1.165, 1.54) is 13.8 Å². The average Bonchev–Trinajstić information content (AvgIpc) is 2.04. The van der Waals surface area contributed by atoms with E-state index in [2.05, 4.69) is 0 Å². The maximum atomic E-state index is 12.7. The molecular formula is C10H11FO2. The summed E-state index contributed by atoms with van der Waals surface area (Å²) in [7, 11) is 0. The Bertz CT molecular complexity index is 290. The van der Waals surface area contributed by atoms with Crippen LogP contribution < -0.4 is 4.74 Å². The Balaban J connectivity index is 2.75. The first-order chi connectivity index (χ1) is 6.09. The molecule has 1 rings (SSSR count). The first kappa shape index (κ1) is 9.71. The number of ether oxygens (including phenoxy) is 1. The zero-order chi connectivity index (χ0) is 9.84. The molecular weight excluding hydrogens is 171 g/mol. The van der Waals surface area contributed by atoms with Gasteiger partial charge in [0.1, 0.15) is 11.9 Å². The number of carbonyl (C=O) groups excluding carboxylic acids is 1. The molecule has 0 fully saturated rings. The minimum Gasteiger partial charge on any atom is -0.427 e. The molecule has 0 heterocycles. The SMILES string of the molecule is CC(=O)Oc1ccc(C(C)F)cc1. The van der Waals surface area contributed by atoms with Gasteiger partial charge in [0.15, 0.2) is 0 Å². The molecule has 1 unspecified atom stereocenters. The lowest BCUT2D eigenvalue weighted by atomic mass is 10.1. The van der Waals surface area contributed by atoms with E-state index in [0.29, 0.717) is 11.3 Å². The van der Waals surface area contributed by atoms with E-state index in [4.69, 9.17) is 4.74 Å². The van der Waals surface area contributed by atoms with E-state index in [-0.39, 0.29) is 5.97 Å². The van der Waals surface area contributed by atoms with E-state index in [1.807, 2.05) is 0 Å². The minimum absolute atomic E-state index is 0.374. The molecule has 0 spiro atoms. The molecule has 0 aliphatic carbocycles. The molecule has 0 aliphatic heterocycles. The molecule has 70 valence electrons. The first-order valence-electron chi connectivity index (χ1n) is 4.02. The third kappa shape index (κ3) is 2.86. The van der Waals surface area contributed by atoms with Crippen LogP contribution in [0.15, 0.2) is 24.3 Å². The average molecular weight is 182 g/mol. The van der Waals surface area contributed by atoms with Crippen molar-refractivity contribution >= 4 is 5.97 Å². The first-order valence-corrected chi connectivity index (χ1v) is 4.02. The fourth-order valence-corrected chi connectivity index (χ4v) is 0.967. The number of halogens is 1. The summed E-state index contributed by atoms with van der Waals surface area (Å²) in [4.78, 5) is 10.5. The van der Waals surface area contributed by atoms with Crippen LogP contribution in [0.25, 0.3) is 0 Å². The number of hydrogen-bond donors (Lipinski definition) is 0. The molecule has 13 heavy (non-hydrogen) atoms. The van der Waals surface area contributed by atoms with Gasteiger partial charge in [0, 0.05) is 6.92 Å². The second-order valence-electron chi connectivity index (χ2n) is 2.78. The summed E-state index contributed by atoms with van der Waals surface area (Å²) in [6, 6.07) is 6.35. The lowest BCUT2D eigenvalue weighted by Gasteiger charge is -2.03. The van der Waals surface area contributed by atoms with Gasteiger partial charge in [0.2, 0.25) is 0 Å². The molecule has 1 aromatic rings. The molecule has 0 saturated carbocycles. The predicted octanol–water partition coefficient (Wildman–Crippen LogP) is 2.64.